The number of hydrogen-bond acceptors (Lipinski definition) is 5. The Bertz CT molecular complexity index is 310. The Hall–Kier alpha value is -1.30. The Morgan fingerprint density at radius 3 is 2.56 bits per heavy atom. The van der Waals surface area contributed by atoms with Gasteiger partial charge in [-0.15, -0.1) is 0 Å². The van der Waals surface area contributed by atoms with Gasteiger partial charge in [0.2, 0.25) is 0 Å². The average molecular weight is 259 g/mol. The fourth-order valence-corrected chi connectivity index (χ4v) is 1.74. The van der Waals surface area contributed by atoms with Crippen LogP contribution in [0.25, 0.3) is 0 Å². The van der Waals surface area contributed by atoms with Crippen molar-refractivity contribution in [3.8, 4) is 0 Å². The third-order valence-electron chi connectivity index (χ3n) is 2.46. The first-order valence-corrected chi connectivity index (χ1v) is 6.02. The second-order valence-electron chi connectivity index (χ2n) is 5.21. The summed E-state index contributed by atoms with van der Waals surface area (Å²) in [5, 5.41) is 2.65. The number of carbonyl (C=O) groups excluding carboxylic acids is 2. The minimum atomic E-state index is -0.753. The van der Waals surface area contributed by atoms with Gasteiger partial charge >= 0.3 is 12.1 Å². The zero-order chi connectivity index (χ0) is 13.8. The standard InChI is InChI=1S/C12H21NO5/c1-12(2,3)18-11(15)13-8-6-5-7-17-9(8)10(14)16-4/h8-9H,5-7H2,1-4H3,(H,13,15)/t8-,9-/m1/s1. The number of methoxy groups -OCH3 is 1. The molecule has 1 amide bonds. The molecule has 0 unspecified atom stereocenters. The quantitative estimate of drug-likeness (QED) is 0.755. The number of alkyl carbamates (subject to hydrolysis) is 1. The van der Waals surface area contributed by atoms with E-state index in [0.29, 0.717) is 13.0 Å². The molecule has 1 aliphatic rings. The first kappa shape index (κ1) is 14.8. The Morgan fingerprint density at radius 1 is 1.33 bits per heavy atom. The first-order valence-electron chi connectivity index (χ1n) is 6.02. The van der Waals surface area contributed by atoms with E-state index in [1.807, 2.05) is 0 Å². The van der Waals surface area contributed by atoms with Gasteiger partial charge in [0.25, 0.3) is 0 Å². The van der Waals surface area contributed by atoms with E-state index in [1.165, 1.54) is 7.11 Å². The number of nitrogens with one attached hydrogen (secondary N) is 1. The lowest BCUT2D eigenvalue weighted by molar-refractivity contribution is -0.159. The Balaban J connectivity index is 2.57. The van der Waals surface area contributed by atoms with Gasteiger partial charge in [0, 0.05) is 6.61 Å². The van der Waals surface area contributed by atoms with Gasteiger partial charge in [-0.05, 0) is 33.6 Å². The third kappa shape index (κ3) is 4.52. The summed E-state index contributed by atoms with van der Waals surface area (Å²) < 4.78 is 15.1. The summed E-state index contributed by atoms with van der Waals surface area (Å²) in [6.07, 6.45) is 0.149. The molecule has 0 bridgehead atoms. The molecule has 1 saturated heterocycles. The minimum Gasteiger partial charge on any atom is -0.467 e. The summed E-state index contributed by atoms with van der Waals surface area (Å²) in [5.74, 6) is -0.476. The fraction of sp³-hybridized carbons (Fsp3) is 0.833. The minimum absolute atomic E-state index is 0.402. The van der Waals surface area contributed by atoms with E-state index >= 15 is 0 Å². The molecule has 0 radical (unpaired) electrons. The second-order valence-corrected chi connectivity index (χ2v) is 5.21. The molecule has 1 aliphatic heterocycles. The SMILES string of the molecule is COC(=O)[C@@H]1OCCC[C@H]1NC(=O)OC(C)(C)C. The maximum atomic E-state index is 11.6. The van der Waals surface area contributed by atoms with Gasteiger partial charge in [-0.3, -0.25) is 0 Å². The van der Waals surface area contributed by atoms with Crippen LogP contribution in [-0.2, 0) is 19.0 Å². The van der Waals surface area contributed by atoms with Crippen LogP contribution < -0.4 is 5.32 Å². The maximum Gasteiger partial charge on any atom is 0.407 e. The van der Waals surface area contributed by atoms with Gasteiger partial charge in [-0.25, -0.2) is 9.59 Å². The number of ether oxygens (including phenoxy) is 3. The Labute approximate surface area is 107 Å². The lowest BCUT2D eigenvalue weighted by Gasteiger charge is -2.31. The number of rotatable bonds is 2. The van der Waals surface area contributed by atoms with Crippen molar-refractivity contribution in [1.29, 1.82) is 0 Å². The van der Waals surface area contributed by atoms with Gasteiger partial charge in [0.15, 0.2) is 6.10 Å². The van der Waals surface area contributed by atoms with Crippen molar-refractivity contribution in [2.24, 2.45) is 0 Å². The summed E-state index contributed by atoms with van der Waals surface area (Å²) in [7, 11) is 1.30. The highest BCUT2D eigenvalue weighted by Gasteiger charge is 2.34. The molecule has 1 rings (SSSR count). The molecule has 0 aliphatic carbocycles. The topological polar surface area (TPSA) is 73.9 Å². The Morgan fingerprint density at radius 2 is 2.00 bits per heavy atom. The number of hydrogen-bond donors (Lipinski definition) is 1. The molecule has 6 nitrogen and oxygen atoms in total. The average Bonchev–Trinajstić information content (AvgIpc) is 2.26. The molecule has 0 saturated carbocycles. The van der Waals surface area contributed by atoms with E-state index in [0.717, 1.165) is 6.42 Å². The molecule has 0 aromatic heterocycles. The van der Waals surface area contributed by atoms with Crippen LogP contribution in [0.2, 0.25) is 0 Å². The fourth-order valence-electron chi connectivity index (χ4n) is 1.74. The highest BCUT2D eigenvalue weighted by atomic mass is 16.6. The highest BCUT2D eigenvalue weighted by molar-refractivity contribution is 5.77. The molecular formula is C12H21NO5. The first-order chi connectivity index (χ1) is 8.33. The van der Waals surface area contributed by atoms with Crippen molar-refractivity contribution in [1.82, 2.24) is 5.32 Å². The molecular weight excluding hydrogens is 238 g/mol. The third-order valence-corrected chi connectivity index (χ3v) is 2.46. The van der Waals surface area contributed by atoms with E-state index in [9.17, 15) is 9.59 Å². The monoisotopic (exact) mass is 259 g/mol. The molecule has 18 heavy (non-hydrogen) atoms. The van der Waals surface area contributed by atoms with Crippen LogP contribution >= 0.6 is 0 Å². The lowest BCUT2D eigenvalue weighted by Crippen LogP contribution is -2.52. The number of esters is 1. The summed E-state index contributed by atoms with van der Waals surface area (Å²) in [4.78, 5) is 23.1. The normalized spacial score (nSPS) is 24.2. The zero-order valence-electron chi connectivity index (χ0n) is 11.3. The molecule has 1 N–H and O–H groups in total. The smallest absolute Gasteiger partial charge is 0.407 e. The molecule has 0 aromatic carbocycles. The van der Waals surface area contributed by atoms with E-state index in [-0.39, 0.29) is 0 Å². The van der Waals surface area contributed by atoms with E-state index in [4.69, 9.17) is 9.47 Å². The van der Waals surface area contributed by atoms with Crippen molar-refractivity contribution in [2.45, 2.75) is 51.4 Å². The summed E-state index contributed by atoms with van der Waals surface area (Å²) >= 11 is 0. The van der Waals surface area contributed by atoms with E-state index in [2.05, 4.69) is 10.1 Å². The van der Waals surface area contributed by atoms with Crippen LogP contribution in [0.4, 0.5) is 4.79 Å². The molecule has 2 atom stereocenters. The predicted octanol–water partition coefficient (Wildman–Crippen LogP) is 1.23. The van der Waals surface area contributed by atoms with Crippen LogP contribution in [0.15, 0.2) is 0 Å². The largest absolute Gasteiger partial charge is 0.467 e. The van der Waals surface area contributed by atoms with Gasteiger partial charge < -0.3 is 19.5 Å². The molecule has 104 valence electrons. The Kier molecular flexibility index (Phi) is 4.95. The van der Waals surface area contributed by atoms with Crippen LogP contribution in [0.5, 0.6) is 0 Å². The lowest BCUT2D eigenvalue weighted by atomic mass is 10.0. The van der Waals surface area contributed by atoms with Crippen molar-refractivity contribution in [3.05, 3.63) is 0 Å². The van der Waals surface area contributed by atoms with Crippen molar-refractivity contribution in [3.63, 3.8) is 0 Å². The second kappa shape index (κ2) is 6.04. The van der Waals surface area contributed by atoms with Crippen LogP contribution in [0.3, 0.4) is 0 Å². The van der Waals surface area contributed by atoms with Gasteiger partial charge in [0.1, 0.15) is 5.60 Å². The molecule has 6 heteroatoms. The number of carbonyl (C=O) groups is 2. The van der Waals surface area contributed by atoms with E-state index < -0.39 is 29.8 Å². The number of amides is 1. The molecule has 1 heterocycles. The van der Waals surface area contributed by atoms with Crippen molar-refractivity contribution >= 4 is 12.1 Å². The van der Waals surface area contributed by atoms with Crippen LogP contribution in [-0.4, -0.2) is 43.5 Å². The molecule has 0 spiro atoms. The highest BCUT2D eigenvalue weighted by Crippen LogP contribution is 2.16. The van der Waals surface area contributed by atoms with Crippen LogP contribution in [0, 0.1) is 0 Å². The van der Waals surface area contributed by atoms with Crippen molar-refractivity contribution in [2.75, 3.05) is 13.7 Å². The zero-order valence-corrected chi connectivity index (χ0v) is 11.3. The van der Waals surface area contributed by atoms with Gasteiger partial charge in [-0.1, -0.05) is 0 Å². The van der Waals surface area contributed by atoms with Gasteiger partial charge in [-0.2, -0.15) is 0 Å². The van der Waals surface area contributed by atoms with Crippen LogP contribution in [0.1, 0.15) is 33.6 Å². The molecule has 1 fully saturated rings. The summed E-state index contributed by atoms with van der Waals surface area (Å²) in [6, 6.07) is -0.402. The molecule has 0 aromatic rings. The summed E-state index contributed by atoms with van der Waals surface area (Å²) in [6.45, 7) is 5.83. The van der Waals surface area contributed by atoms with E-state index in [1.54, 1.807) is 20.8 Å². The van der Waals surface area contributed by atoms with Crippen molar-refractivity contribution < 1.29 is 23.8 Å². The maximum absolute atomic E-state index is 11.6. The van der Waals surface area contributed by atoms with Gasteiger partial charge in [0.05, 0.1) is 13.2 Å². The summed E-state index contributed by atoms with van der Waals surface area (Å²) in [5.41, 5.74) is -0.569. The predicted molar refractivity (Wildman–Crippen MR) is 64.1 cm³/mol.